The topological polar surface area (TPSA) is 58.0 Å². The largest absolute Gasteiger partial charge is 0.455 e. The lowest BCUT2D eigenvalue weighted by Crippen LogP contribution is -1.85. The number of para-hydroxylation sites is 1. The van der Waals surface area contributed by atoms with E-state index in [4.69, 9.17) is 33.5 Å². The third kappa shape index (κ3) is 2.87. The number of nitrogens with zero attached hydrogens (tertiary/aromatic N) is 3. The van der Waals surface area contributed by atoms with Gasteiger partial charge in [0, 0.05) is 16.0 Å². The molecule has 90 valence electrons. The SMILES string of the molecule is [N-]=[N+]=Nc1ccccc1Oc1cc(Cl)ccc1Cl. The van der Waals surface area contributed by atoms with Crippen LogP contribution >= 0.6 is 23.2 Å². The van der Waals surface area contributed by atoms with Crippen molar-refractivity contribution in [2.24, 2.45) is 5.11 Å². The van der Waals surface area contributed by atoms with Gasteiger partial charge in [-0.2, -0.15) is 0 Å². The number of hydrogen-bond acceptors (Lipinski definition) is 2. The molecule has 0 fully saturated rings. The molecule has 6 heteroatoms. The Balaban J connectivity index is 2.39. The fraction of sp³-hybridized carbons (Fsp3) is 0. The Morgan fingerprint density at radius 2 is 1.83 bits per heavy atom. The molecule has 0 saturated heterocycles. The molecule has 0 bridgehead atoms. The van der Waals surface area contributed by atoms with E-state index in [0.717, 1.165) is 0 Å². The van der Waals surface area contributed by atoms with Gasteiger partial charge >= 0.3 is 0 Å². The molecule has 0 amide bonds. The first-order valence-corrected chi connectivity index (χ1v) is 5.73. The number of benzene rings is 2. The van der Waals surface area contributed by atoms with Gasteiger partial charge in [-0.15, -0.1) is 0 Å². The Kier molecular flexibility index (Phi) is 3.95. The Bertz CT molecular complexity index is 624. The summed E-state index contributed by atoms with van der Waals surface area (Å²) in [5.74, 6) is 0.823. The predicted octanol–water partition coefficient (Wildman–Crippen LogP) is 5.73. The lowest BCUT2D eigenvalue weighted by Gasteiger charge is -2.09. The maximum atomic E-state index is 8.46. The van der Waals surface area contributed by atoms with Crippen LogP contribution in [0.4, 0.5) is 5.69 Å². The lowest BCUT2D eigenvalue weighted by atomic mass is 10.3. The van der Waals surface area contributed by atoms with E-state index in [9.17, 15) is 0 Å². The van der Waals surface area contributed by atoms with Crippen molar-refractivity contribution in [3.63, 3.8) is 0 Å². The number of halogens is 2. The van der Waals surface area contributed by atoms with Gasteiger partial charge in [-0.3, -0.25) is 0 Å². The second-order valence-electron chi connectivity index (χ2n) is 3.33. The highest BCUT2D eigenvalue weighted by molar-refractivity contribution is 6.34. The van der Waals surface area contributed by atoms with Crippen LogP contribution in [0.3, 0.4) is 0 Å². The molecule has 0 saturated carbocycles. The molecule has 18 heavy (non-hydrogen) atoms. The lowest BCUT2D eigenvalue weighted by molar-refractivity contribution is 0.484. The van der Waals surface area contributed by atoms with Crippen molar-refractivity contribution in [1.29, 1.82) is 0 Å². The Morgan fingerprint density at radius 1 is 1.06 bits per heavy atom. The van der Waals surface area contributed by atoms with Crippen molar-refractivity contribution >= 4 is 28.9 Å². The smallest absolute Gasteiger partial charge is 0.147 e. The van der Waals surface area contributed by atoms with Crippen molar-refractivity contribution in [1.82, 2.24) is 0 Å². The zero-order chi connectivity index (χ0) is 13.0. The van der Waals surface area contributed by atoms with Crippen molar-refractivity contribution in [2.75, 3.05) is 0 Å². The van der Waals surface area contributed by atoms with Crippen molar-refractivity contribution in [3.05, 3.63) is 63.0 Å². The van der Waals surface area contributed by atoms with E-state index in [1.165, 1.54) is 0 Å². The molecule has 0 heterocycles. The van der Waals surface area contributed by atoms with Crippen LogP contribution in [0.1, 0.15) is 0 Å². The summed E-state index contributed by atoms with van der Waals surface area (Å²) < 4.78 is 5.59. The Morgan fingerprint density at radius 3 is 2.61 bits per heavy atom. The summed E-state index contributed by atoms with van der Waals surface area (Å²) >= 11 is 11.9. The van der Waals surface area contributed by atoms with Crippen LogP contribution in [0, 0.1) is 0 Å². The summed E-state index contributed by atoms with van der Waals surface area (Å²) in [6, 6.07) is 11.7. The van der Waals surface area contributed by atoms with Crippen LogP contribution in [-0.2, 0) is 0 Å². The highest BCUT2D eigenvalue weighted by atomic mass is 35.5. The molecule has 0 atom stereocenters. The second kappa shape index (κ2) is 5.65. The molecule has 0 aromatic heterocycles. The van der Waals surface area contributed by atoms with Crippen LogP contribution < -0.4 is 4.74 Å². The Hall–Kier alpha value is -1.87. The molecule has 0 N–H and O–H groups in total. The fourth-order valence-corrected chi connectivity index (χ4v) is 1.67. The van der Waals surface area contributed by atoms with Gasteiger partial charge in [0.2, 0.25) is 0 Å². The first-order valence-electron chi connectivity index (χ1n) is 4.98. The summed E-state index contributed by atoms with van der Waals surface area (Å²) in [6.45, 7) is 0. The quantitative estimate of drug-likeness (QED) is 0.402. The average Bonchev–Trinajstić information content (AvgIpc) is 2.36. The number of rotatable bonds is 3. The molecular weight excluding hydrogens is 273 g/mol. The van der Waals surface area contributed by atoms with Crippen LogP contribution in [0.15, 0.2) is 47.6 Å². The van der Waals surface area contributed by atoms with E-state index in [1.807, 2.05) is 0 Å². The molecular formula is C12H7Cl2N3O. The molecule has 0 unspecified atom stereocenters. The minimum atomic E-state index is 0.385. The highest BCUT2D eigenvalue weighted by Gasteiger charge is 2.07. The molecule has 2 aromatic carbocycles. The Labute approximate surface area is 113 Å². The van der Waals surface area contributed by atoms with E-state index < -0.39 is 0 Å². The van der Waals surface area contributed by atoms with Crippen LogP contribution in [-0.4, -0.2) is 0 Å². The van der Waals surface area contributed by atoms with Gasteiger partial charge in [0.1, 0.15) is 11.5 Å². The molecule has 2 aromatic rings. The number of ether oxygens (including phenoxy) is 1. The van der Waals surface area contributed by atoms with Crippen LogP contribution in [0.25, 0.3) is 10.4 Å². The summed E-state index contributed by atoms with van der Waals surface area (Å²) in [5.41, 5.74) is 8.85. The minimum absolute atomic E-state index is 0.385. The second-order valence-corrected chi connectivity index (χ2v) is 4.18. The van der Waals surface area contributed by atoms with E-state index in [2.05, 4.69) is 10.0 Å². The molecule has 0 radical (unpaired) electrons. The third-order valence-electron chi connectivity index (χ3n) is 2.13. The van der Waals surface area contributed by atoms with Gasteiger partial charge in [-0.25, -0.2) is 0 Å². The third-order valence-corrected chi connectivity index (χ3v) is 2.68. The van der Waals surface area contributed by atoms with Gasteiger partial charge in [0.25, 0.3) is 0 Å². The summed E-state index contributed by atoms with van der Waals surface area (Å²) in [5, 5.41) is 4.47. The first kappa shape index (κ1) is 12.6. The number of azide groups is 1. The first-order chi connectivity index (χ1) is 8.70. The highest BCUT2D eigenvalue weighted by Crippen LogP contribution is 2.36. The monoisotopic (exact) mass is 279 g/mol. The van der Waals surface area contributed by atoms with Gasteiger partial charge in [0.05, 0.1) is 10.7 Å². The standard InChI is InChI=1S/C12H7Cl2N3O/c13-8-5-6-9(14)12(7-8)18-11-4-2-1-3-10(11)16-17-15/h1-7H. The minimum Gasteiger partial charge on any atom is -0.455 e. The molecule has 0 spiro atoms. The van der Waals surface area contributed by atoms with Crippen molar-refractivity contribution in [2.45, 2.75) is 0 Å². The summed E-state index contributed by atoms with van der Waals surface area (Å²) in [7, 11) is 0. The van der Waals surface area contributed by atoms with Gasteiger partial charge < -0.3 is 4.74 Å². The van der Waals surface area contributed by atoms with Crippen molar-refractivity contribution in [3.8, 4) is 11.5 Å². The van der Waals surface area contributed by atoms with Crippen LogP contribution in [0.5, 0.6) is 11.5 Å². The van der Waals surface area contributed by atoms with E-state index in [-0.39, 0.29) is 0 Å². The zero-order valence-electron chi connectivity index (χ0n) is 9.05. The maximum Gasteiger partial charge on any atom is 0.147 e. The van der Waals surface area contributed by atoms with E-state index >= 15 is 0 Å². The van der Waals surface area contributed by atoms with Gasteiger partial charge in [-0.1, -0.05) is 40.4 Å². The van der Waals surface area contributed by atoms with Gasteiger partial charge in [-0.05, 0) is 29.8 Å². The maximum absolute atomic E-state index is 8.46. The fourth-order valence-electron chi connectivity index (χ4n) is 1.35. The van der Waals surface area contributed by atoms with E-state index in [1.54, 1.807) is 42.5 Å². The van der Waals surface area contributed by atoms with Gasteiger partial charge in [0.15, 0.2) is 0 Å². The van der Waals surface area contributed by atoms with E-state index in [0.29, 0.717) is 27.2 Å². The average molecular weight is 280 g/mol. The molecule has 2 rings (SSSR count). The van der Waals surface area contributed by atoms with Crippen molar-refractivity contribution < 1.29 is 4.74 Å². The normalized spacial score (nSPS) is 9.67. The van der Waals surface area contributed by atoms with Crippen LogP contribution in [0.2, 0.25) is 10.0 Å². The molecule has 0 aliphatic rings. The number of hydrogen-bond donors (Lipinski definition) is 0. The predicted molar refractivity (Wildman–Crippen MR) is 71.8 cm³/mol. The summed E-state index contributed by atoms with van der Waals surface area (Å²) in [4.78, 5) is 2.73. The zero-order valence-corrected chi connectivity index (χ0v) is 10.6. The molecule has 0 aliphatic carbocycles. The molecule has 0 aliphatic heterocycles. The summed E-state index contributed by atoms with van der Waals surface area (Å²) in [6.07, 6.45) is 0. The molecule has 4 nitrogen and oxygen atoms in total.